The monoisotopic (exact) mass is 536 g/mol. The molecule has 214 valence electrons. The van der Waals surface area contributed by atoms with E-state index in [-0.39, 0.29) is 53.2 Å². The number of carbonyl (C=O) groups excluding carboxylic acids is 1. The van der Waals surface area contributed by atoms with Crippen molar-refractivity contribution in [2.24, 2.45) is 34.5 Å². The fourth-order valence-corrected chi connectivity index (χ4v) is 9.89. The summed E-state index contributed by atoms with van der Waals surface area (Å²) in [7, 11) is 0. The van der Waals surface area contributed by atoms with Crippen LogP contribution in [0.4, 0.5) is 0 Å². The highest BCUT2D eigenvalue weighted by Gasteiger charge is 2.69. The van der Waals surface area contributed by atoms with Crippen molar-refractivity contribution < 1.29 is 44.5 Å². The Morgan fingerprint density at radius 1 is 1.00 bits per heavy atom. The van der Waals surface area contributed by atoms with Gasteiger partial charge in [0, 0.05) is 17.6 Å². The zero-order valence-electron chi connectivity index (χ0n) is 22.5. The molecule has 4 saturated carbocycles. The van der Waals surface area contributed by atoms with Crippen molar-refractivity contribution in [2.75, 3.05) is 13.2 Å². The topological polar surface area (TPSA) is 146 Å². The minimum atomic E-state index is -1.33. The van der Waals surface area contributed by atoms with Crippen LogP contribution in [-0.2, 0) is 19.0 Å². The predicted octanol–water partition coefficient (Wildman–Crippen LogP) is 1.43. The lowest BCUT2D eigenvalue weighted by Crippen LogP contribution is -2.64. The maximum Gasteiger partial charge on any atom is 0.334 e. The van der Waals surface area contributed by atoms with E-state index in [0.717, 1.165) is 50.5 Å². The molecule has 1 saturated heterocycles. The molecule has 5 N–H and O–H groups in total. The number of aliphatic hydroxyl groups is 5. The summed E-state index contributed by atoms with van der Waals surface area (Å²) in [6, 6.07) is 0. The van der Waals surface area contributed by atoms with E-state index in [0.29, 0.717) is 19.4 Å². The lowest BCUT2D eigenvalue weighted by molar-refractivity contribution is -0.311. The fraction of sp³-hybridized carbons (Fsp3) is 0.897. The quantitative estimate of drug-likeness (QED) is 0.266. The summed E-state index contributed by atoms with van der Waals surface area (Å²) in [4.78, 5) is 12.4. The molecule has 0 aromatic heterocycles. The summed E-state index contributed by atoms with van der Waals surface area (Å²) < 4.78 is 17.1. The highest BCUT2D eigenvalue weighted by atomic mass is 16.7. The molecule has 2 aliphatic heterocycles. The lowest BCUT2D eigenvalue weighted by Gasteiger charge is -2.64. The first kappa shape index (κ1) is 27.1. The fourth-order valence-electron chi connectivity index (χ4n) is 9.89. The zero-order valence-corrected chi connectivity index (χ0v) is 22.5. The molecule has 9 heteroatoms. The maximum absolute atomic E-state index is 12.4. The standard InChI is InChI=1S/C29H44O9/c1-15-22(31)23(32)24(33)26(37-15)38-17-5-10-28(14-30)16(13-17)3-4-21-20(28)6-9-27(2)19(7-11-29(21,27)35)18-8-12-36-25(18)34/h8,15-17,19-24,26,30-33,35H,3-7,9-14H2,1-2H3/t15-,16-,17-,19+,20-,21-,22+,23+,24-,26+,27+,28+,29-/m0/s1. The van der Waals surface area contributed by atoms with Crippen molar-refractivity contribution >= 4 is 5.97 Å². The number of ether oxygens (including phenoxy) is 3. The minimum absolute atomic E-state index is 0.00793. The van der Waals surface area contributed by atoms with Gasteiger partial charge in [-0.2, -0.15) is 0 Å². The van der Waals surface area contributed by atoms with Gasteiger partial charge in [-0.15, -0.1) is 0 Å². The Morgan fingerprint density at radius 2 is 1.79 bits per heavy atom. The van der Waals surface area contributed by atoms with Crippen LogP contribution in [0.2, 0.25) is 0 Å². The summed E-state index contributed by atoms with van der Waals surface area (Å²) in [5.74, 6) is 0.264. The van der Waals surface area contributed by atoms with E-state index in [4.69, 9.17) is 14.2 Å². The van der Waals surface area contributed by atoms with Crippen LogP contribution in [-0.4, -0.2) is 87.1 Å². The van der Waals surface area contributed by atoms with E-state index >= 15 is 0 Å². The largest absolute Gasteiger partial charge is 0.458 e. The van der Waals surface area contributed by atoms with Gasteiger partial charge in [0.1, 0.15) is 24.9 Å². The molecular formula is C29H44O9. The first-order chi connectivity index (χ1) is 18.1. The number of hydrogen-bond acceptors (Lipinski definition) is 9. The average Bonchev–Trinajstić information content (AvgIpc) is 3.44. The van der Waals surface area contributed by atoms with Gasteiger partial charge in [0.2, 0.25) is 0 Å². The zero-order chi connectivity index (χ0) is 27.0. The molecule has 4 aliphatic carbocycles. The molecule has 0 unspecified atom stereocenters. The van der Waals surface area contributed by atoms with Crippen LogP contribution < -0.4 is 0 Å². The van der Waals surface area contributed by atoms with Crippen molar-refractivity contribution in [3.05, 3.63) is 11.6 Å². The van der Waals surface area contributed by atoms with Crippen molar-refractivity contribution in [1.82, 2.24) is 0 Å². The SMILES string of the molecule is C[C@@H]1O[C@H](O[C@H]2CC[C@@]3(CO)[C@@H](CC[C@H]4[C@@H]3CC[C@]3(C)[C@@H](C5=CCOC5=O)CC[C@]43O)C2)[C@@H](O)[C@H](O)[C@@H]1O. The molecule has 6 rings (SSSR count). The third-order valence-electron chi connectivity index (χ3n) is 12.1. The van der Waals surface area contributed by atoms with Gasteiger partial charge < -0.3 is 39.7 Å². The number of esters is 1. The molecule has 13 atom stereocenters. The van der Waals surface area contributed by atoms with E-state index in [2.05, 4.69) is 6.92 Å². The van der Waals surface area contributed by atoms with Crippen molar-refractivity contribution in [1.29, 1.82) is 0 Å². The first-order valence-corrected chi connectivity index (χ1v) is 14.6. The predicted molar refractivity (Wildman–Crippen MR) is 134 cm³/mol. The molecule has 2 heterocycles. The van der Waals surface area contributed by atoms with Gasteiger partial charge in [-0.1, -0.05) is 6.92 Å². The number of cyclic esters (lactones) is 1. The van der Waals surface area contributed by atoms with Crippen molar-refractivity contribution in [2.45, 2.75) is 114 Å². The Hall–Kier alpha value is -1.07. The Balaban J connectivity index is 1.19. The van der Waals surface area contributed by atoms with Gasteiger partial charge in [0.25, 0.3) is 0 Å². The first-order valence-electron chi connectivity index (χ1n) is 14.6. The van der Waals surface area contributed by atoms with Crippen molar-refractivity contribution in [3.63, 3.8) is 0 Å². The smallest absolute Gasteiger partial charge is 0.334 e. The molecule has 0 bridgehead atoms. The van der Waals surface area contributed by atoms with Crippen LogP contribution >= 0.6 is 0 Å². The van der Waals surface area contributed by atoms with E-state index in [1.807, 2.05) is 6.08 Å². The van der Waals surface area contributed by atoms with Gasteiger partial charge in [-0.25, -0.2) is 4.79 Å². The van der Waals surface area contributed by atoms with E-state index in [9.17, 15) is 30.3 Å². The number of fused-ring (bicyclic) bond motifs is 5. The summed E-state index contributed by atoms with van der Waals surface area (Å²) in [6.07, 6.45) is 3.35. The number of rotatable bonds is 4. The van der Waals surface area contributed by atoms with Crippen LogP contribution in [0.5, 0.6) is 0 Å². The normalized spacial score (nSPS) is 54.5. The number of hydrogen-bond donors (Lipinski definition) is 5. The number of carbonyl (C=O) groups is 1. The van der Waals surface area contributed by atoms with Gasteiger partial charge in [-0.05, 0) is 99.9 Å². The Morgan fingerprint density at radius 3 is 2.50 bits per heavy atom. The highest BCUT2D eigenvalue weighted by molar-refractivity contribution is 5.91. The van der Waals surface area contributed by atoms with Gasteiger partial charge >= 0.3 is 5.97 Å². The molecule has 9 nitrogen and oxygen atoms in total. The molecule has 0 spiro atoms. The van der Waals surface area contributed by atoms with Gasteiger partial charge in [-0.3, -0.25) is 0 Å². The Labute approximate surface area is 224 Å². The van der Waals surface area contributed by atoms with Gasteiger partial charge in [0.05, 0.1) is 17.8 Å². The van der Waals surface area contributed by atoms with E-state index < -0.39 is 36.3 Å². The summed E-state index contributed by atoms with van der Waals surface area (Å²) in [5, 5.41) is 53.9. The van der Waals surface area contributed by atoms with Crippen molar-refractivity contribution in [3.8, 4) is 0 Å². The van der Waals surface area contributed by atoms with E-state index in [1.165, 1.54) is 0 Å². The molecule has 38 heavy (non-hydrogen) atoms. The third kappa shape index (κ3) is 3.72. The van der Waals surface area contributed by atoms with Crippen LogP contribution in [0.1, 0.15) is 71.6 Å². The molecule has 0 aromatic carbocycles. The third-order valence-corrected chi connectivity index (χ3v) is 12.1. The molecule has 0 radical (unpaired) electrons. The summed E-state index contributed by atoms with van der Waals surface area (Å²) in [6.45, 7) is 4.21. The van der Waals surface area contributed by atoms with Gasteiger partial charge in [0.15, 0.2) is 6.29 Å². The van der Waals surface area contributed by atoms with Crippen LogP contribution in [0.25, 0.3) is 0 Å². The highest BCUT2D eigenvalue weighted by Crippen LogP contribution is 2.70. The van der Waals surface area contributed by atoms with Crippen LogP contribution in [0, 0.1) is 34.5 Å². The summed E-state index contributed by atoms with van der Waals surface area (Å²) >= 11 is 0. The molecule has 0 amide bonds. The lowest BCUT2D eigenvalue weighted by atomic mass is 9.43. The molecule has 0 aromatic rings. The number of aliphatic hydroxyl groups excluding tert-OH is 4. The second-order valence-corrected chi connectivity index (χ2v) is 13.3. The molecule has 6 aliphatic rings. The second-order valence-electron chi connectivity index (χ2n) is 13.3. The summed E-state index contributed by atoms with van der Waals surface area (Å²) in [5.41, 5.74) is -0.815. The second kappa shape index (κ2) is 9.50. The maximum atomic E-state index is 12.4. The average molecular weight is 537 g/mol. The molecular weight excluding hydrogens is 492 g/mol. The van der Waals surface area contributed by atoms with Crippen LogP contribution in [0.3, 0.4) is 0 Å². The Kier molecular flexibility index (Phi) is 6.78. The Bertz CT molecular complexity index is 970. The minimum Gasteiger partial charge on any atom is -0.458 e. The van der Waals surface area contributed by atoms with Crippen LogP contribution in [0.15, 0.2) is 11.6 Å². The van der Waals surface area contributed by atoms with E-state index in [1.54, 1.807) is 6.92 Å². The molecule has 5 fully saturated rings.